The van der Waals surface area contributed by atoms with Crippen molar-refractivity contribution >= 4 is 6.29 Å². The zero-order valence-corrected chi connectivity index (χ0v) is 12.8. The molecule has 0 saturated heterocycles. The normalized spacial score (nSPS) is 25.3. The molecule has 0 aromatic rings. The van der Waals surface area contributed by atoms with Crippen molar-refractivity contribution in [1.82, 2.24) is 0 Å². The van der Waals surface area contributed by atoms with Crippen LogP contribution in [0.3, 0.4) is 0 Å². The van der Waals surface area contributed by atoms with Crippen molar-refractivity contribution in [1.29, 1.82) is 0 Å². The van der Waals surface area contributed by atoms with Crippen LogP contribution in [0.1, 0.15) is 67.2 Å². The van der Waals surface area contributed by atoms with Crippen molar-refractivity contribution in [2.45, 2.75) is 72.8 Å². The van der Waals surface area contributed by atoms with Gasteiger partial charge in [-0.15, -0.1) is 0 Å². The zero-order valence-electron chi connectivity index (χ0n) is 12.8. The van der Waals surface area contributed by atoms with Crippen LogP contribution < -0.4 is 0 Å². The maximum Gasteiger partial charge on any atom is 0.164 e. The first-order valence-electron chi connectivity index (χ1n) is 6.87. The van der Waals surface area contributed by atoms with Gasteiger partial charge in [0.05, 0.1) is 6.26 Å². The monoisotopic (exact) mass is 252 g/mol. The Morgan fingerprint density at radius 1 is 1.22 bits per heavy atom. The van der Waals surface area contributed by atoms with Gasteiger partial charge >= 0.3 is 0 Å². The molecule has 1 aliphatic rings. The Hall–Kier alpha value is -0.790. The summed E-state index contributed by atoms with van der Waals surface area (Å²) in [5, 5.41) is 0. The molecule has 18 heavy (non-hydrogen) atoms. The van der Waals surface area contributed by atoms with E-state index in [0.29, 0.717) is 0 Å². The third kappa shape index (κ3) is 4.83. The molecule has 0 saturated carbocycles. The Kier molecular flexibility index (Phi) is 4.30. The third-order valence-corrected chi connectivity index (χ3v) is 3.13. The van der Waals surface area contributed by atoms with Gasteiger partial charge in [0.2, 0.25) is 0 Å². The summed E-state index contributed by atoms with van der Waals surface area (Å²) in [6.07, 6.45) is 6.46. The molecule has 1 atom stereocenters. The molecule has 1 aliphatic heterocycles. The van der Waals surface area contributed by atoms with Gasteiger partial charge < -0.3 is 4.74 Å². The van der Waals surface area contributed by atoms with E-state index >= 15 is 0 Å². The highest BCUT2D eigenvalue weighted by Crippen LogP contribution is 2.38. The molecule has 0 amide bonds. The minimum Gasteiger partial charge on any atom is -0.487 e. The summed E-state index contributed by atoms with van der Waals surface area (Å²) in [4.78, 5) is 11.4. The second-order valence-corrected chi connectivity index (χ2v) is 8.05. The molecule has 1 heterocycles. The Balaban J connectivity index is 2.72. The number of allylic oxidation sites excluding steroid dienone is 1. The summed E-state index contributed by atoms with van der Waals surface area (Å²) in [6, 6.07) is 0. The number of rotatable bonds is 3. The molecule has 1 rings (SSSR count). The third-order valence-electron chi connectivity index (χ3n) is 3.13. The Morgan fingerprint density at radius 3 is 2.17 bits per heavy atom. The molecule has 0 aliphatic carbocycles. The van der Waals surface area contributed by atoms with Gasteiger partial charge in [-0.3, -0.25) is 4.79 Å². The van der Waals surface area contributed by atoms with Crippen LogP contribution in [-0.4, -0.2) is 11.9 Å². The van der Waals surface area contributed by atoms with Crippen molar-refractivity contribution in [2.24, 2.45) is 10.8 Å². The van der Waals surface area contributed by atoms with Crippen molar-refractivity contribution in [2.75, 3.05) is 0 Å². The fourth-order valence-electron chi connectivity index (χ4n) is 2.66. The highest BCUT2D eigenvalue weighted by atomic mass is 16.5. The quantitative estimate of drug-likeness (QED) is 0.692. The van der Waals surface area contributed by atoms with Gasteiger partial charge in [-0.1, -0.05) is 41.5 Å². The van der Waals surface area contributed by atoms with Crippen molar-refractivity contribution in [3.8, 4) is 0 Å². The lowest BCUT2D eigenvalue weighted by atomic mass is 9.77. The lowest BCUT2D eigenvalue weighted by molar-refractivity contribution is -0.130. The number of carbonyl (C=O) groups excluding carboxylic acids is 1. The van der Waals surface area contributed by atoms with E-state index in [1.165, 1.54) is 5.57 Å². The molecule has 0 unspecified atom stereocenters. The number of hydrogen-bond acceptors (Lipinski definition) is 2. The number of aldehydes is 1. The van der Waals surface area contributed by atoms with Crippen LogP contribution in [-0.2, 0) is 9.53 Å². The van der Waals surface area contributed by atoms with Gasteiger partial charge in [0, 0.05) is 0 Å². The maximum absolute atomic E-state index is 11.4. The highest BCUT2D eigenvalue weighted by molar-refractivity contribution is 5.63. The van der Waals surface area contributed by atoms with E-state index in [2.05, 4.69) is 41.5 Å². The molecule has 0 bridgehead atoms. The van der Waals surface area contributed by atoms with Crippen LogP contribution in [0.4, 0.5) is 0 Å². The van der Waals surface area contributed by atoms with Gasteiger partial charge in [0.1, 0.15) is 0 Å². The fraction of sp³-hybridized carbons (Fsp3) is 0.812. The van der Waals surface area contributed by atoms with Gasteiger partial charge in [-0.2, -0.15) is 0 Å². The van der Waals surface area contributed by atoms with Crippen LogP contribution in [0.2, 0.25) is 0 Å². The first kappa shape index (κ1) is 15.3. The molecule has 0 aromatic carbocycles. The lowest BCUT2D eigenvalue weighted by Gasteiger charge is -2.37. The SMILES string of the molecule is CC(C)(C)CC1=CO[C@](C=O)(CC(C)(C)C)CC1. The maximum atomic E-state index is 11.4. The molecular formula is C16H28O2. The van der Waals surface area contributed by atoms with Crippen LogP contribution in [0.15, 0.2) is 11.8 Å². The van der Waals surface area contributed by atoms with E-state index in [1.54, 1.807) is 0 Å². The molecule has 0 spiro atoms. The summed E-state index contributed by atoms with van der Waals surface area (Å²) in [5.41, 5.74) is 1.12. The smallest absolute Gasteiger partial charge is 0.164 e. The topological polar surface area (TPSA) is 26.3 Å². The molecule has 2 nitrogen and oxygen atoms in total. The largest absolute Gasteiger partial charge is 0.487 e. The van der Waals surface area contributed by atoms with E-state index in [0.717, 1.165) is 32.0 Å². The van der Waals surface area contributed by atoms with E-state index in [-0.39, 0.29) is 10.8 Å². The van der Waals surface area contributed by atoms with Crippen molar-refractivity contribution in [3.63, 3.8) is 0 Å². The summed E-state index contributed by atoms with van der Waals surface area (Å²) in [7, 11) is 0. The summed E-state index contributed by atoms with van der Waals surface area (Å²) in [5.74, 6) is 0. The predicted octanol–water partition coefficient (Wildman–Crippen LogP) is 4.49. The van der Waals surface area contributed by atoms with Crippen molar-refractivity contribution in [3.05, 3.63) is 11.8 Å². The minimum absolute atomic E-state index is 0.107. The standard InChI is InChI=1S/C16H28O2/c1-14(2,3)9-13-7-8-16(12-17,18-10-13)11-15(4,5)6/h10,12H,7-9,11H2,1-6H3/t16-/m0/s1. The van der Waals surface area contributed by atoms with Crippen LogP contribution in [0.25, 0.3) is 0 Å². The fourth-order valence-corrected chi connectivity index (χ4v) is 2.66. The Bertz CT molecular complexity index is 328. The van der Waals surface area contributed by atoms with E-state index in [9.17, 15) is 4.79 Å². The Morgan fingerprint density at radius 2 is 1.83 bits per heavy atom. The minimum atomic E-state index is -0.598. The van der Waals surface area contributed by atoms with Gasteiger partial charge in [-0.05, 0) is 42.1 Å². The molecule has 104 valence electrons. The molecule has 0 fully saturated rings. The van der Waals surface area contributed by atoms with Crippen LogP contribution >= 0.6 is 0 Å². The average Bonchev–Trinajstić information content (AvgIpc) is 2.17. The van der Waals surface area contributed by atoms with Crippen molar-refractivity contribution < 1.29 is 9.53 Å². The average molecular weight is 252 g/mol. The second kappa shape index (κ2) is 5.07. The van der Waals surface area contributed by atoms with E-state index < -0.39 is 5.60 Å². The molecule has 0 N–H and O–H groups in total. The number of hydrogen-bond donors (Lipinski definition) is 0. The first-order valence-corrected chi connectivity index (χ1v) is 6.87. The Labute approximate surface area is 112 Å². The van der Waals surface area contributed by atoms with Gasteiger partial charge in [-0.25, -0.2) is 0 Å². The van der Waals surface area contributed by atoms with Crippen LogP contribution in [0, 0.1) is 10.8 Å². The van der Waals surface area contributed by atoms with E-state index in [4.69, 9.17) is 4.74 Å². The second-order valence-electron chi connectivity index (χ2n) is 8.05. The van der Waals surface area contributed by atoms with E-state index in [1.807, 2.05) is 6.26 Å². The molecule has 2 heteroatoms. The molecule has 0 radical (unpaired) electrons. The van der Waals surface area contributed by atoms with Crippen LogP contribution in [0.5, 0.6) is 0 Å². The lowest BCUT2D eigenvalue weighted by Crippen LogP contribution is -2.39. The summed E-state index contributed by atoms with van der Waals surface area (Å²) in [6.45, 7) is 13.1. The molecular weight excluding hydrogens is 224 g/mol. The predicted molar refractivity (Wildman–Crippen MR) is 75.3 cm³/mol. The highest BCUT2D eigenvalue weighted by Gasteiger charge is 2.38. The summed E-state index contributed by atoms with van der Waals surface area (Å²) >= 11 is 0. The summed E-state index contributed by atoms with van der Waals surface area (Å²) < 4.78 is 5.82. The zero-order chi connectivity index (χ0) is 14.0. The first-order chi connectivity index (χ1) is 8.05. The molecule has 0 aromatic heterocycles. The van der Waals surface area contributed by atoms with Gasteiger partial charge in [0.15, 0.2) is 11.9 Å². The van der Waals surface area contributed by atoms with Gasteiger partial charge in [0.25, 0.3) is 0 Å². The number of carbonyl (C=O) groups is 1. The number of ether oxygens (including phenoxy) is 1.